The van der Waals surface area contributed by atoms with Gasteiger partial charge in [0.2, 0.25) is 0 Å². The van der Waals surface area contributed by atoms with Gasteiger partial charge in [-0.2, -0.15) is 0 Å². The van der Waals surface area contributed by atoms with E-state index in [-0.39, 0.29) is 11.6 Å². The second-order valence-electron chi connectivity index (χ2n) is 5.69. The molecule has 4 nitrogen and oxygen atoms in total. The molecule has 0 aromatic rings. The van der Waals surface area contributed by atoms with Crippen LogP contribution in [0.1, 0.15) is 46.0 Å². The number of carbonyl (C=O) groups excluding carboxylic acids is 2. The molecule has 0 aliphatic heterocycles. The number of ketones is 2. The molecule has 0 aromatic heterocycles. The minimum Gasteiger partial charge on any atom is -0.498 e. The van der Waals surface area contributed by atoms with Crippen molar-refractivity contribution in [1.29, 1.82) is 0 Å². The van der Waals surface area contributed by atoms with E-state index in [0.29, 0.717) is 31.4 Å². The maximum absolute atomic E-state index is 11.9. The van der Waals surface area contributed by atoms with Crippen LogP contribution in [-0.4, -0.2) is 28.9 Å². The fourth-order valence-electron chi connectivity index (χ4n) is 2.03. The second-order valence-corrected chi connectivity index (χ2v) is 5.69. The summed E-state index contributed by atoms with van der Waals surface area (Å²) in [5.74, 6) is 0.669. The molecule has 0 fully saturated rings. The van der Waals surface area contributed by atoms with Crippen LogP contribution in [0.3, 0.4) is 0 Å². The lowest BCUT2D eigenvalue weighted by Crippen LogP contribution is -2.32. The van der Waals surface area contributed by atoms with Crippen molar-refractivity contribution in [2.24, 2.45) is 0 Å². The predicted octanol–water partition coefficient (Wildman–Crippen LogP) is 2.87. The summed E-state index contributed by atoms with van der Waals surface area (Å²) in [5.41, 5.74) is -0.693. The van der Waals surface area contributed by atoms with E-state index in [1.165, 1.54) is 19.9 Å². The van der Waals surface area contributed by atoms with Crippen molar-refractivity contribution < 1.29 is 19.4 Å². The minimum absolute atomic E-state index is 0.0598. The lowest BCUT2D eigenvalue weighted by molar-refractivity contribution is -0.130. The highest BCUT2D eigenvalue weighted by atomic mass is 16.5. The van der Waals surface area contributed by atoms with Crippen LogP contribution in [0.25, 0.3) is 0 Å². The highest BCUT2D eigenvalue weighted by Gasteiger charge is 2.27. The number of carbonyl (C=O) groups is 2. The Morgan fingerprint density at radius 1 is 1.33 bits per heavy atom. The van der Waals surface area contributed by atoms with Crippen molar-refractivity contribution in [1.82, 2.24) is 0 Å². The van der Waals surface area contributed by atoms with E-state index >= 15 is 0 Å². The topological polar surface area (TPSA) is 63.6 Å². The third-order valence-electron chi connectivity index (χ3n) is 3.29. The molecule has 1 N–H and O–H groups in total. The largest absolute Gasteiger partial charge is 0.498 e. The molecule has 0 bridgehead atoms. The van der Waals surface area contributed by atoms with Gasteiger partial charge in [-0.25, -0.2) is 0 Å². The molecule has 0 amide bonds. The van der Waals surface area contributed by atoms with Crippen molar-refractivity contribution in [3.05, 3.63) is 36.1 Å². The van der Waals surface area contributed by atoms with Gasteiger partial charge in [0.1, 0.15) is 5.60 Å². The molecule has 0 spiro atoms. The van der Waals surface area contributed by atoms with E-state index in [1.807, 2.05) is 0 Å². The van der Waals surface area contributed by atoms with E-state index in [4.69, 9.17) is 4.74 Å². The monoisotopic (exact) mass is 292 g/mol. The van der Waals surface area contributed by atoms with Gasteiger partial charge in [0.05, 0.1) is 12.4 Å². The van der Waals surface area contributed by atoms with Crippen LogP contribution in [-0.2, 0) is 14.3 Å². The Morgan fingerprint density at radius 3 is 2.57 bits per heavy atom. The SMILES string of the molecule is C=CC(=O)CCCCOC1=CC=C(C(=O)C(C)(C)O)CC1. The fourth-order valence-corrected chi connectivity index (χ4v) is 2.03. The van der Waals surface area contributed by atoms with Gasteiger partial charge in [-0.1, -0.05) is 12.7 Å². The van der Waals surface area contributed by atoms with Crippen LogP contribution in [0.4, 0.5) is 0 Å². The predicted molar refractivity (Wildman–Crippen MR) is 81.7 cm³/mol. The van der Waals surface area contributed by atoms with Crippen LogP contribution >= 0.6 is 0 Å². The quantitative estimate of drug-likeness (QED) is 0.524. The van der Waals surface area contributed by atoms with E-state index in [9.17, 15) is 14.7 Å². The van der Waals surface area contributed by atoms with Crippen molar-refractivity contribution in [2.75, 3.05) is 6.61 Å². The molecule has 1 aliphatic rings. The molecule has 21 heavy (non-hydrogen) atoms. The van der Waals surface area contributed by atoms with Gasteiger partial charge in [-0.05, 0) is 50.8 Å². The van der Waals surface area contributed by atoms with Gasteiger partial charge in [-0.15, -0.1) is 0 Å². The number of hydrogen-bond acceptors (Lipinski definition) is 4. The van der Waals surface area contributed by atoms with E-state index < -0.39 is 5.60 Å². The molecule has 1 rings (SSSR count). The van der Waals surface area contributed by atoms with Crippen molar-refractivity contribution in [3.63, 3.8) is 0 Å². The molecular weight excluding hydrogens is 268 g/mol. The molecule has 0 aromatic carbocycles. The third kappa shape index (κ3) is 6.08. The number of rotatable bonds is 9. The van der Waals surface area contributed by atoms with Crippen molar-refractivity contribution >= 4 is 11.6 Å². The lowest BCUT2D eigenvalue weighted by atomic mass is 9.91. The first-order valence-electron chi connectivity index (χ1n) is 7.29. The van der Waals surface area contributed by atoms with Crippen LogP contribution in [0.5, 0.6) is 0 Å². The highest BCUT2D eigenvalue weighted by molar-refractivity contribution is 6.01. The molecule has 0 atom stereocenters. The van der Waals surface area contributed by atoms with Gasteiger partial charge in [0.15, 0.2) is 11.6 Å². The average molecular weight is 292 g/mol. The molecule has 0 saturated carbocycles. The molecule has 0 heterocycles. The number of Topliss-reactive ketones (excluding diaryl/α,β-unsaturated/α-hetero) is 1. The molecule has 0 radical (unpaired) electrons. The summed E-state index contributed by atoms with van der Waals surface area (Å²) in [5, 5.41) is 9.69. The zero-order chi connectivity index (χ0) is 15.9. The molecule has 1 aliphatic carbocycles. The smallest absolute Gasteiger partial charge is 0.189 e. The van der Waals surface area contributed by atoms with E-state index in [1.54, 1.807) is 12.2 Å². The Balaban J connectivity index is 2.34. The number of ether oxygens (including phenoxy) is 1. The first-order valence-corrected chi connectivity index (χ1v) is 7.29. The van der Waals surface area contributed by atoms with Crippen LogP contribution in [0, 0.1) is 0 Å². The van der Waals surface area contributed by atoms with Crippen LogP contribution < -0.4 is 0 Å². The molecular formula is C17H24O4. The minimum atomic E-state index is -1.32. The number of hydrogen-bond donors (Lipinski definition) is 1. The zero-order valence-corrected chi connectivity index (χ0v) is 12.9. The number of allylic oxidation sites excluding steroid dienone is 4. The van der Waals surface area contributed by atoms with Gasteiger partial charge in [-0.3, -0.25) is 9.59 Å². The van der Waals surface area contributed by atoms with Crippen LogP contribution in [0.15, 0.2) is 36.1 Å². The third-order valence-corrected chi connectivity index (χ3v) is 3.29. The number of aliphatic hydroxyl groups is 1. The first kappa shape index (κ1) is 17.4. The molecule has 4 heteroatoms. The summed E-state index contributed by atoms with van der Waals surface area (Å²) < 4.78 is 5.62. The molecule has 0 unspecified atom stereocenters. The Hall–Kier alpha value is -1.68. The number of unbranched alkanes of at least 4 members (excludes halogenated alkanes) is 1. The summed E-state index contributed by atoms with van der Waals surface area (Å²) >= 11 is 0. The van der Waals surface area contributed by atoms with Gasteiger partial charge in [0, 0.05) is 12.8 Å². The Morgan fingerprint density at radius 2 is 2.05 bits per heavy atom. The van der Waals surface area contributed by atoms with Crippen molar-refractivity contribution in [2.45, 2.75) is 51.6 Å². The average Bonchev–Trinajstić information content (AvgIpc) is 2.45. The summed E-state index contributed by atoms with van der Waals surface area (Å²) in [6.45, 7) is 6.99. The van der Waals surface area contributed by atoms with E-state index in [2.05, 4.69) is 6.58 Å². The standard InChI is InChI=1S/C17H24O4/c1-4-14(18)7-5-6-12-21-15-10-8-13(9-11-15)16(19)17(2,3)20/h4,8,10,20H,1,5-7,9,11-12H2,2-3H3. The summed E-state index contributed by atoms with van der Waals surface area (Å²) in [7, 11) is 0. The van der Waals surface area contributed by atoms with Gasteiger partial charge in [0.25, 0.3) is 0 Å². The first-order chi connectivity index (χ1) is 9.84. The Labute approximate surface area is 126 Å². The Bertz CT molecular complexity index is 464. The Kier molecular flexibility index (Phi) is 6.56. The van der Waals surface area contributed by atoms with Crippen molar-refractivity contribution in [3.8, 4) is 0 Å². The summed E-state index contributed by atoms with van der Waals surface area (Å²) in [6, 6.07) is 0. The maximum atomic E-state index is 11.9. The lowest BCUT2D eigenvalue weighted by Gasteiger charge is -2.20. The highest BCUT2D eigenvalue weighted by Crippen LogP contribution is 2.23. The van der Waals surface area contributed by atoms with E-state index in [0.717, 1.165) is 18.6 Å². The van der Waals surface area contributed by atoms with Gasteiger partial charge >= 0.3 is 0 Å². The molecule has 0 saturated heterocycles. The summed E-state index contributed by atoms with van der Waals surface area (Å²) in [4.78, 5) is 22.9. The molecule has 116 valence electrons. The maximum Gasteiger partial charge on any atom is 0.189 e. The van der Waals surface area contributed by atoms with Crippen LogP contribution in [0.2, 0.25) is 0 Å². The zero-order valence-electron chi connectivity index (χ0n) is 12.9. The van der Waals surface area contributed by atoms with Gasteiger partial charge < -0.3 is 9.84 Å². The summed E-state index contributed by atoms with van der Waals surface area (Å²) in [6.07, 6.45) is 8.22. The second kappa shape index (κ2) is 7.93. The fraction of sp³-hybridized carbons (Fsp3) is 0.529. The normalized spacial score (nSPS) is 15.0.